The van der Waals surface area contributed by atoms with E-state index in [1.165, 1.54) is 18.5 Å². The summed E-state index contributed by atoms with van der Waals surface area (Å²) in [4.78, 5) is 2.57. The van der Waals surface area contributed by atoms with Gasteiger partial charge in [0.15, 0.2) is 0 Å². The highest BCUT2D eigenvalue weighted by Gasteiger charge is 2.33. The lowest BCUT2D eigenvalue weighted by Gasteiger charge is -2.36. The average molecular weight is 218 g/mol. The van der Waals surface area contributed by atoms with Crippen molar-refractivity contribution in [1.82, 2.24) is 10.2 Å². The molecule has 1 fully saturated rings. The maximum absolute atomic E-state index is 3.38. The molecule has 1 aromatic carbocycles. The fourth-order valence-electron chi connectivity index (χ4n) is 2.53. The van der Waals surface area contributed by atoms with Gasteiger partial charge in [0.05, 0.1) is 0 Å². The standard InChI is InChI=1S/C14H22N2/c1-14(2,12-7-5-4-6-8-12)16-10-9-13(11-16)15-3/h4-8,13,15H,9-11H2,1-3H3/t13-/m0/s1. The third-order valence-electron chi connectivity index (χ3n) is 3.87. The molecule has 0 saturated carbocycles. The molecule has 1 aromatic rings. The molecule has 2 nitrogen and oxygen atoms in total. The van der Waals surface area contributed by atoms with E-state index < -0.39 is 0 Å². The number of rotatable bonds is 3. The molecule has 1 saturated heterocycles. The number of likely N-dealkylation sites (tertiary alicyclic amines) is 1. The van der Waals surface area contributed by atoms with Crippen LogP contribution in [0.15, 0.2) is 30.3 Å². The van der Waals surface area contributed by atoms with E-state index in [-0.39, 0.29) is 5.54 Å². The van der Waals surface area contributed by atoms with E-state index in [2.05, 4.69) is 61.4 Å². The van der Waals surface area contributed by atoms with Gasteiger partial charge in [-0.2, -0.15) is 0 Å². The van der Waals surface area contributed by atoms with E-state index in [1.54, 1.807) is 0 Å². The van der Waals surface area contributed by atoms with E-state index in [0.717, 1.165) is 6.54 Å². The van der Waals surface area contributed by atoms with Crippen LogP contribution in [-0.4, -0.2) is 31.1 Å². The van der Waals surface area contributed by atoms with Crippen molar-refractivity contribution >= 4 is 0 Å². The summed E-state index contributed by atoms with van der Waals surface area (Å²) in [6.07, 6.45) is 1.26. The van der Waals surface area contributed by atoms with Crippen LogP contribution < -0.4 is 5.32 Å². The third kappa shape index (κ3) is 2.13. The molecule has 1 atom stereocenters. The predicted molar refractivity (Wildman–Crippen MR) is 68.5 cm³/mol. The molecule has 0 amide bonds. The molecule has 0 aliphatic carbocycles. The minimum absolute atomic E-state index is 0.146. The smallest absolute Gasteiger partial charge is 0.0405 e. The fraction of sp³-hybridized carbons (Fsp3) is 0.571. The lowest BCUT2D eigenvalue weighted by atomic mass is 9.92. The quantitative estimate of drug-likeness (QED) is 0.837. The van der Waals surface area contributed by atoms with Crippen molar-refractivity contribution < 1.29 is 0 Å². The van der Waals surface area contributed by atoms with Crippen LogP contribution in [-0.2, 0) is 5.54 Å². The Morgan fingerprint density at radius 2 is 1.94 bits per heavy atom. The van der Waals surface area contributed by atoms with Crippen LogP contribution in [0.25, 0.3) is 0 Å². The zero-order valence-electron chi connectivity index (χ0n) is 10.5. The maximum atomic E-state index is 3.38. The molecule has 16 heavy (non-hydrogen) atoms. The molecule has 88 valence electrons. The van der Waals surface area contributed by atoms with Crippen molar-refractivity contribution in [2.24, 2.45) is 0 Å². The summed E-state index contributed by atoms with van der Waals surface area (Å²) in [5.74, 6) is 0. The van der Waals surface area contributed by atoms with E-state index in [0.29, 0.717) is 6.04 Å². The van der Waals surface area contributed by atoms with Gasteiger partial charge in [0.1, 0.15) is 0 Å². The van der Waals surface area contributed by atoms with Crippen LogP contribution in [0.1, 0.15) is 25.8 Å². The largest absolute Gasteiger partial charge is 0.316 e. The van der Waals surface area contributed by atoms with Crippen molar-refractivity contribution in [3.05, 3.63) is 35.9 Å². The topological polar surface area (TPSA) is 15.3 Å². The lowest BCUT2D eigenvalue weighted by Crippen LogP contribution is -2.41. The first-order valence-electron chi connectivity index (χ1n) is 6.12. The highest BCUT2D eigenvalue weighted by molar-refractivity contribution is 5.23. The Hall–Kier alpha value is -0.860. The monoisotopic (exact) mass is 218 g/mol. The summed E-state index contributed by atoms with van der Waals surface area (Å²) in [6, 6.07) is 11.5. The van der Waals surface area contributed by atoms with Gasteiger partial charge in [-0.15, -0.1) is 0 Å². The van der Waals surface area contributed by atoms with Gasteiger partial charge in [-0.3, -0.25) is 4.90 Å². The highest BCUT2D eigenvalue weighted by Crippen LogP contribution is 2.30. The van der Waals surface area contributed by atoms with Gasteiger partial charge < -0.3 is 5.32 Å². The summed E-state index contributed by atoms with van der Waals surface area (Å²) in [5.41, 5.74) is 1.55. The van der Waals surface area contributed by atoms with Gasteiger partial charge in [0.25, 0.3) is 0 Å². The Morgan fingerprint density at radius 1 is 1.25 bits per heavy atom. The van der Waals surface area contributed by atoms with E-state index in [4.69, 9.17) is 0 Å². The SMILES string of the molecule is CN[C@H]1CCN(C(C)(C)c2ccccc2)C1. The molecule has 1 aliphatic heterocycles. The van der Waals surface area contributed by atoms with Gasteiger partial charge in [0, 0.05) is 24.7 Å². The second kappa shape index (κ2) is 4.56. The van der Waals surface area contributed by atoms with Crippen LogP contribution in [0.4, 0.5) is 0 Å². The minimum Gasteiger partial charge on any atom is -0.316 e. The molecule has 0 spiro atoms. The third-order valence-corrected chi connectivity index (χ3v) is 3.87. The Balaban J connectivity index is 2.14. The number of benzene rings is 1. The second-order valence-electron chi connectivity index (χ2n) is 5.15. The van der Waals surface area contributed by atoms with Crippen LogP contribution in [0, 0.1) is 0 Å². The first-order chi connectivity index (χ1) is 7.64. The second-order valence-corrected chi connectivity index (χ2v) is 5.15. The Morgan fingerprint density at radius 3 is 2.50 bits per heavy atom. The van der Waals surface area contributed by atoms with E-state index in [9.17, 15) is 0 Å². The number of nitrogens with zero attached hydrogens (tertiary/aromatic N) is 1. The van der Waals surface area contributed by atoms with Gasteiger partial charge in [-0.05, 0) is 32.9 Å². The van der Waals surface area contributed by atoms with Crippen molar-refractivity contribution in [2.75, 3.05) is 20.1 Å². The molecule has 0 unspecified atom stereocenters. The molecular weight excluding hydrogens is 196 g/mol. The summed E-state index contributed by atoms with van der Waals surface area (Å²) >= 11 is 0. The first-order valence-corrected chi connectivity index (χ1v) is 6.12. The molecule has 1 heterocycles. The molecular formula is C14H22N2. The van der Waals surface area contributed by atoms with Crippen molar-refractivity contribution in [1.29, 1.82) is 0 Å². The first kappa shape index (κ1) is 11.6. The molecule has 0 aromatic heterocycles. The van der Waals surface area contributed by atoms with Gasteiger partial charge in [0.2, 0.25) is 0 Å². The molecule has 0 radical (unpaired) electrons. The van der Waals surface area contributed by atoms with Crippen LogP contribution >= 0.6 is 0 Å². The molecule has 1 aliphatic rings. The summed E-state index contributed by atoms with van der Waals surface area (Å²) in [7, 11) is 2.06. The average Bonchev–Trinajstić information content (AvgIpc) is 2.79. The van der Waals surface area contributed by atoms with Crippen LogP contribution in [0.2, 0.25) is 0 Å². The van der Waals surface area contributed by atoms with Crippen molar-refractivity contribution in [2.45, 2.75) is 31.8 Å². The fourth-order valence-corrected chi connectivity index (χ4v) is 2.53. The Bertz CT molecular complexity index is 332. The summed E-state index contributed by atoms with van der Waals surface area (Å²) in [5, 5.41) is 3.38. The number of hydrogen-bond acceptors (Lipinski definition) is 2. The van der Waals surface area contributed by atoms with Crippen LogP contribution in [0.3, 0.4) is 0 Å². The molecule has 2 heteroatoms. The van der Waals surface area contributed by atoms with E-state index in [1.807, 2.05) is 0 Å². The van der Waals surface area contributed by atoms with E-state index >= 15 is 0 Å². The summed E-state index contributed by atoms with van der Waals surface area (Å²) < 4.78 is 0. The molecule has 1 N–H and O–H groups in total. The number of likely N-dealkylation sites (N-methyl/N-ethyl adjacent to an activating group) is 1. The molecule has 0 bridgehead atoms. The molecule has 2 rings (SSSR count). The van der Waals surface area contributed by atoms with Gasteiger partial charge >= 0.3 is 0 Å². The normalized spacial score (nSPS) is 22.6. The van der Waals surface area contributed by atoms with Crippen LogP contribution in [0.5, 0.6) is 0 Å². The maximum Gasteiger partial charge on any atom is 0.0405 e. The predicted octanol–water partition coefficient (Wildman–Crippen LogP) is 2.22. The zero-order valence-corrected chi connectivity index (χ0v) is 10.5. The van der Waals surface area contributed by atoms with Gasteiger partial charge in [-0.25, -0.2) is 0 Å². The zero-order chi connectivity index (χ0) is 11.6. The number of nitrogens with one attached hydrogen (secondary N) is 1. The Kier molecular flexibility index (Phi) is 3.31. The highest BCUT2D eigenvalue weighted by atomic mass is 15.2. The van der Waals surface area contributed by atoms with Crippen molar-refractivity contribution in [3.8, 4) is 0 Å². The lowest BCUT2D eigenvalue weighted by molar-refractivity contribution is 0.152. The Labute approximate surface area is 98.7 Å². The van der Waals surface area contributed by atoms with Gasteiger partial charge in [-0.1, -0.05) is 30.3 Å². The summed E-state index contributed by atoms with van der Waals surface area (Å²) in [6.45, 7) is 6.98. The minimum atomic E-state index is 0.146. The number of hydrogen-bond donors (Lipinski definition) is 1. The van der Waals surface area contributed by atoms with Crippen molar-refractivity contribution in [3.63, 3.8) is 0 Å².